The van der Waals surface area contributed by atoms with E-state index >= 15 is 0 Å². The zero-order valence-corrected chi connectivity index (χ0v) is 26.7. The van der Waals surface area contributed by atoms with Crippen LogP contribution < -0.4 is 11.5 Å². The topological polar surface area (TPSA) is 52.0 Å². The quantitative estimate of drug-likeness (QED) is 0.190. The Balaban J connectivity index is 0.000000907. The van der Waals surface area contributed by atoms with Crippen LogP contribution in [-0.4, -0.2) is 13.1 Å². The van der Waals surface area contributed by atoms with Gasteiger partial charge in [0.15, 0.2) is 0 Å². The lowest BCUT2D eigenvalue weighted by Gasteiger charge is -2.00. The molecule has 0 aliphatic carbocycles. The van der Waals surface area contributed by atoms with E-state index in [0.29, 0.717) is 13.1 Å². The summed E-state index contributed by atoms with van der Waals surface area (Å²) in [6.07, 6.45) is 1.81. The molecule has 0 fully saturated rings. The molecule has 7 heteroatoms. The first kappa shape index (κ1) is 30.0. The van der Waals surface area contributed by atoms with Gasteiger partial charge in [-0.1, -0.05) is 27.7 Å². The zero-order valence-electron chi connectivity index (χ0n) is 22.6. The predicted octanol–water partition coefficient (Wildman–Crippen LogP) is 10.3. The van der Waals surface area contributed by atoms with Crippen LogP contribution in [0.15, 0.2) is 48.5 Å². The monoisotopic (exact) mass is 586 g/mol. The molecule has 5 heterocycles. The molecule has 0 unspecified atom stereocenters. The lowest BCUT2D eigenvalue weighted by Crippen LogP contribution is -2.02. The van der Waals surface area contributed by atoms with Crippen molar-refractivity contribution in [3.63, 3.8) is 0 Å². The molecule has 0 radical (unpaired) electrons. The Morgan fingerprint density at radius 1 is 0.486 bits per heavy atom. The third kappa shape index (κ3) is 7.09. The largest absolute Gasteiger partial charge is 0.330 e. The molecule has 37 heavy (non-hydrogen) atoms. The Kier molecular flexibility index (Phi) is 11.8. The molecule has 0 aromatic carbocycles. The van der Waals surface area contributed by atoms with Gasteiger partial charge in [0.2, 0.25) is 0 Å². The van der Waals surface area contributed by atoms with Crippen LogP contribution in [0.4, 0.5) is 0 Å². The molecular weight excluding hydrogens is 549 g/mol. The summed E-state index contributed by atoms with van der Waals surface area (Å²) in [5.74, 6) is 0. The third-order valence-electron chi connectivity index (χ3n) is 5.47. The molecule has 5 rings (SSSR count). The van der Waals surface area contributed by atoms with Gasteiger partial charge >= 0.3 is 0 Å². The van der Waals surface area contributed by atoms with Crippen molar-refractivity contribution in [3.8, 4) is 39.0 Å². The van der Waals surface area contributed by atoms with Gasteiger partial charge in [0.05, 0.1) is 0 Å². The molecule has 0 aliphatic heterocycles. The lowest BCUT2D eigenvalue weighted by atomic mass is 10.1. The summed E-state index contributed by atoms with van der Waals surface area (Å²) < 4.78 is 0. The van der Waals surface area contributed by atoms with Gasteiger partial charge in [-0.25, -0.2) is 0 Å². The van der Waals surface area contributed by atoms with Gasteiger partial charge in [0.1, 0.15) is 0 Å². The van der Waals surface area contributed by atoms with Crippen LogP contribution in [0, 0.1) is 13.8 Å². The minimum atomic E-state index is 0.667. The Labute approximate surface area is 242 Å². The van der Waals surface area contributed by atoms with E-state index in [1.54, 1.807) is 0 Å². The summed E-state index contributed by atoms with van der Waals surface area (Å²) in [5, 5.41) is 0. The van der Waals surface area contributed by atoms with E-state index in [2.05, 4.69) is 62.4 Å². The Morgan fingerprint density at radius 2 is 0.865 bits per heavy atom. The molecule has 5 aromatic rings. The minimum absolute atomic E-state index is 0.667. The second kappa shape index (κ2) is 14.5. The van der Waals surface area contributed by atoms with E-state index in [-0.39, 0.29) is 0 Å². The van der Waals surface area contributed by atoms with Crippen molar-refractivity contribution >= 4 is 56.7 Å². The van der Waals surface area contributed by atoms with Crippen molar-refractivity contribution in [1.29, 1.82) is 0 Å². The number of thiophene rings is 5. The zero-order chi connectivity index (χ0) is 26.9. The van der Waals surface area contributed by atoms with Crippen molar-refractivity contribution in [2.24, 2.45) is 11.5 Å². The smallest absolute Gasteiger partial charge is 0.0482 e. The number of aryl methyl sites for hydroxylation is 2. The summed E-state index contributed by atoms with van der Waals surface area (Å²) in [7, 11) is 0. The summed E-state index contributed by atoms with van der Waals surface area (Å²) in [6, 6.07) is 18.1. The SMILES string of the molecule is CC.CC.Cc1ccc(-c2cc(CCN)c(-c3ccc(-c4sc(-c5ccc(C)s5)cc4CCN)s3)s2)s1. The molecule has 0 atom stereocenters. The molecular formula is C30H38N2S5. The normalized spacial score (nSPS) is 10.6. The molecule has 198 valence electrons. The summed E-state index contributed by atoms with van der Waals surface area (Å²) in [6.45, 7) is 13.7. The van der Waals surface area contributed by atoms with Crippen molar-refractivity contribution in [3.05, 3.63) is 69.4 Å². The fourth-order valence-electron chi connectivity index (χ4n) is 3.92. The van der Waals surface area contributed by atoms with Crippen LogP contribution in [0.25, 0.3) is 39.0 Å². The van der Waals surface area contributed by atoms with Crippen LogP contribution in [0.5, 0.6) is 0 Å². The third-order valence-corrected chi connectivity index (χ3v) is 11.7. The summed E-state index contributed by atoms with van der Waals surface area (Å²) in [5.41, 5.74) is 14.7. The molecule has 0 bridgehead atoms. The molecule has 0 saturated heterocycles. The van der Waals surface area contributed by atoms with E-state index in [1.807, 2.05) is 84.4 Å². The van der Waals surface area contributed by atoms with E-state index in [0.717, 1.165) is 12.8 Å². The molecule has 5 aromatic heterocycles. The van der Waals surface area contributed by atoms with Crippen molar-refractivity contribution in [2.45, 2.75) is 54.4 Å². The highest BCUT2D eigenvalue weighted by atomic mass is 32.1. The first-order valence-electron chi connectivity index (χ1n) is 13.0. The van der Waals surface area contributed by atoms with E-state index < -0.39 is 0 Å². The average Bonchev–Trinajstić information content (AvgIpc) is 3.73. The van der Waals surface area contributed by atoms with Gasteiger partial charge in [-0.15, -0.1) is 56.7 Å². The molecule has 0 saturated carbocycles. The van der Waals surface area contributed by atoms with Crippen molar-refractivity contribution < 1.29 is 0 Å². The maximum Gasteiger partial charge on any atom is 0.0482 e. The van der Waals surface area contributed by atoms with Gasteiger partial charge in [-0.3, -0.25) is 0 Å². The summed E-state index contributed by atoms with van der Waals surface area (Å²) in [4.78, 5) is 13.5. The lowest BCUT2D eigenvalue weighted by molar-refractivity contribution is 0.976. The van der Waals surface area contributed by atoms with Crippen LogP contribution in [0.3, 0.4) is 0 Å². The number of hydrogen-bond acceptors (Lipinski definition) is 7. The standard InChI is InChI=1S/C26H26N2S5.2C2H6/c1-15-3-5-19(29-15)23-13-17(9-11-27)25(32-23)21-7-8-22(31-21)26-18(10-12-28)14-24(33-26)20-6-4-16(2)30-20;2*1-2/h3-8,13-14H,9-12,27-28H2,1-2H3;2*1-2H3. The Bertz CT molecular complexity index is 1280. The van der Waals surface area contributed by atoms with E-state index in [9.17, 15) is 0 Å². The highest BCUT2D eigenvalue weighted by Gasteiger charge is 2.18. The Morgan fingerprint density at radius 3 is 1.19 bits per heavy atom. The maximum absolute atomic E-state index is 5.97. The van der Waals surface area contributed by atoms with Gasteiger partial charge in [-0.05, 0) is 99.4 Å². The molecule has 0 amide bonds. The molecule has 4 N–H and O–H groups in total. The second-order valence-electron chi connectivity index (χ2n) is 7.99. The molecule has 0 spiro atoms. The maximum atomic E-state index is 5.97. The first-order chi connectivity index (χ1) is 18.1. The highest BCUT2D eigenvalue weighted by molar-refractivity contribution is 7.29. The first-order valence-corrected chi connectivity index (χ1v) is 17.0. The van der Waals surface area contributed by atoms with E-state index in [4.69, 9.17) is 11.5 Å². The number of hydrogen-bond donors (Lipinski definition) is 2. The van der Waals surface area contributed by atoms with Crippen LogP contribution >= 0.6 is 56.7 Å². The Hall–Kier alpha value is -1.58. The van der Waals surface area contributed by atoms with Crippen LogP contribution in [0.2, 0.25) is 0 Å². The number of nitrogens with two attached hydrogens (primary N) is 2. The predicted molar refractivity (Wildman–Crippen MR) is 175 cm³/mol. The van der Waals surface area contributed by atoms with Crippen LogP contribution in [0.1, 0.15) is 48.6 Å². The fraction of sp³-hybridized carbons (Fsp3) is 0.333. The van der Waals surface area contributed by atoms with Gasteiger partial charge in [0.25, 0.3) is 0 Å². The minimum Gasteiger partial charge on any atom is -0.330 e. The van der Waals surface area contributed by atoms with Crippen LogP contribution in [-0.2, 0) is 12.8 Å². The fourth-order valence-corrected chi connectivity index (χ4v) is 9.53. The average molecular weight is 587 g/mol. The van der Waals surface area contributed by atoms with E-state index in [1.165, 1.54) is 59.9 Å². The van der Waals surface area contributed by atoms with Gasteiger partial charge in [0, 0.05) is 48.8 Å². The van der Waals surface area contributed by atoms with Crippen molar-refractivity contribution in [2.75, 3.05) is 13.1 Å². The molecule has 2 nitrogen and oxygen atoms in total. The summed E-state index contributed by atoms with van der Waals surface area (Å²) >= 11 is 9.41. The highest BCUT2D eigenvalue weighted by Crippen LogP contribution is 2.47. The van der Waals surface area contributed by atoms with Crippen molar-refractivity contribution in [1.82, 2.24) is 0 Å². The number of rotatable bonds is 8. The molecule has 0 aliphatic rings. The van der Waals surface area contributed by atoms with Gasteiger partial charge < -0.3 is 11.5 Å². The van der Waals surface area contributed by atoms with Gasteiger partial charge in [-0.2, -0.15) is 0 Å². The second-order valence-corrected chi connectivity index (χ2v) is 13.8.